The van der Waals surface area contributed by atoms with E-state index in [4.69, 9.17) is 0 Å². The Labute approximate surface area is 97.0 Å². The summed E-state index contributed by atoms with van der Waals surface area (Å²) in [6, 6.07) is 0.877. The first kappa shape index (κ1) is 12.8. The zero-order valence-electron chi connectivity index (χ0n) is 9.95. The number of hydrogen-bond donors (Lipinski definition) is 1. The first-order valence-electron chi connectivity index (χ1n) is 5.72. The minimum absolute atomic E-state index is 0.302. The fourth-order valence-corrected chi connectivity index (χ4v) is 2.72. The molecule has 1 heterocycles. The largest absolute Gasteiger partial charge is 0.338 e. The molecule has 4 heteroatoms. The summed E-state index contributed by atoms with van der Waals surface area (Å²) in [6.07, 6.45) is 0.632. The van der Waals surface area contributed by atoms with Crippen molar-refractivity contribution < 1.29 is 4.79 Å². The molecule has 1 atom stereocenters. The topological polar surface area (TPSA) is 32.3 Å². The normalized spacial score (nSPS) is 22.1. The first-order valence-corrected chi connectivity index (χ1v) is 6.87. The van der Waals surface area contributed by atoms with Gasteiger partial charge in [-0.2, -0.15) is 11.8 Å². The monoisotopic (exact) mass is 230 g/mol. The van der Waals surface area contributed by atoms with Gasteiger partial charge in [0.15, 0.2) is 0 Å². The average molecular weight is 230 g/mol. The summed E-state index contributed by atoms with van der Waals surface area (Å²) in [6.45, 7) is 8.06. The highest BCUT2D eigenvalue weighted by molar-refractivity contribution is 7.99. The third-order valence-electron chi connectivity index (χ3n) is 2.58. The number of amides is 1. The molecule has 1 fully saturated rings. The number of nitrogens with zero attached hydrogens (tertiary/aromatic N) is 1. The van der Waals surface area contributed by atoms with Crippen LogP contribution in [-0.4, -0.2) is 47.5 Å². The van der Waals surface area contributed by atoms with Crippen LogP contribution in [0.3, 0.4) is 0 Å². The van der Waals surface area contributed by atoms with E-state index in [1.165, 1.54) is 0 Å². The van der Waals surface area contributed by atoms with Gasteiger partial charge in [0.25, 0.3) is 0 Å². The summed E-state index contributed by atoms with van der Waals surface area (Å²) in [5.74, 6) is 2.48. The highest BCUT2D eigenvalue weighted by Crippen LogP contribution is 2.16. The predicted octanol–water partition coefficient (Wildman–Crippen LogP) is 1.34. The molecule has 1 aliphatic rings. The van der Waals surface area contributed by atoms with Gasteiger partial charge < -0.3 is 10.2 Å². The zero-order valence-corrected chi connectivity index (χ0v) is 10.8. The van der Waals surface area contributed by atoms with Crippen LogP contribution in [0.5, 0.6) is 0 Å². The maximum absolute atomic E-state index is 11.9. The Hall–Kier alpha value is -0.220. The van der Waals surface area contributed by atoms with Crippen LogP contribution in [0.4, 0.5) is 0 Å². The Morgan fingerprint density at radius 2 is 2.33 bits per heavy atom. The van der Waals surface area contributed by atoms with Crippen molar-refractivity contribution in [2.45, 2.75) is 39.3 Å². The van der Waals surface area contributed by atoms with Crippen molar-refractivity contribution in [2.75, 3.05) is 24.6 Å². The molecule has 0 aliphatic carbocycles. The van der Waals surface area contributed by atoms with Crippen molar-refractivity contribution in [1.29, 1.82) is 0 Å². The lowest BCUT2D eigenvalue weighted by molar-refractivity contribution is -0.132. The third kappa shape index (κ3) is 4.43. The molecule has 1 N–H and O–H groups in total. The summed E-state index contributed by atoms with van der Waals surface area (Å²) in [5.41, 5.74) is 0. The fourth-order valence-electron chi connectivity index (χ4n) is 1.71. The predicted molar refractivity (Wildman–Crippen MR) is 66.3 cm³/mol. The number of thioether (sulfide) groups is 1. The summed E-state index contributed by atoms with van der Waals surface area (Å²) in [7, 11) is 0. The Morgan fingerprint density at radius 1 is 1.60 bits per heavy atom. The number of carbonyl (C=O) groups is 1. The molecule has 1 saturated heterocycles. The molecule has 1 amide bonds. The molecule has 3 nitrogen and oxygen atoms in total. The van der Waals surface area contributed by atoms with E-state index in [2.05, 4.69) is 26.1 Å². The molecule has 0 aromatic heterocycles. The first-order chi connectivity index (χ1) is 7.11. The van der Waals surface area contributed by atoms with Crippen molar-refractivity contribution in [2.24, 2.45) is 0 Å². The quantitative estimate of drug-likeness (QED) is 0.791. The van der Waals surface area contributed by atoms with E-state index >= 15 is 0 Å². The minimum atomic E-state index is 0.302. The molecule has 0 spiro atoms. The Kier molecular flexibility index (Phi) is 5.47. The van der Waals surface area contributed by atoms with Crippen LogP contribution >= 0.6 is 11.8 Å². The lowest BCUT2D eigenvalue weighted by Gasteiger charge is -2.33. The lowest BCUT2D eigenvalue weighted by atomic mass is 10.2. The number of carbonyl (C=O) groups excluding carboxylic acids is 1. The van der Waals surface area contributed by atoms with E-state index in [1.54, 1.807) is 0 Å². The molecule has 0 radical (unpaired) electrons. The highest BCUT2D eigenvalue weighted by Gasteiger charge is 2.22. The molecule has 0 aromatic carbocycles. The Bertz CT molecular complexity index is 209. The number of rotatable bonds is 4. The Morgan fingerprint density at radius 3 is 2.93 bits per heavy atom. The standard InChI is InChI=1S/C11H22N2OS/c1-9(2)12-5-4-11(14)13-6-7-15-8-10(13)3/h9-10,12H,4-8H2,1-3H3. The van der Waals surface area contributed by atoms with Gasteiger partial charge in [-0.15, -0.1) is 0 Å². The zero-order chi connectivity index (χ0) is 11.3. The van der Waals surface area contributed by atoms with Gasteiger partial charge in [-0.25, -0.2) is 0 Å². The van der Waals surface area contributed by atoms with E-state index in [0.29, 0.717) is 24.4 Å². The average Bonchev–Trinajstić information content (AvgIpc) is 2.17. The van der Waals surface area contributed by atoms with Crippen LogP contribution in [0.1, 0.15) is 27.2 Å². The smallest absolute Gasteiger partial charge is 0.224 e. The number of hydrogen-bond acceptors (Lipinski definition) is 3. The molecule has 1 unspecified atom stereocenters. The van der Waals surface area contributed by atoms with Crippen molar-refractivity contribution in [3.8, 4) is 0 Å². The molecule has 15 heavy (non-hydrogen) atoms. The Balaban J connectivity index is 2.26. The minimum Gasteiger partial charge on any atom is -0.338 e. The van der Waals surface area contributed by atoms with E-state index in [9.17, 15) is 4.79 Å². The van der Waals surface area contributed by atoms with Gasteiger partial charge >= 0.3 is 0 Å². The van der Waals surface area contributed by atoms with Crippen molar-refractivity contribution >= 4 is 17.7 Å². The van der Waals surface area contributed by atoms with Gasteiger partial charge in [0, 0.05) is 43.1 Å². The van der Waals surface area contributed by atoms with E-state index in [1.807, 2.05) is 16.7 Å². The molecule has 0 aromatic rings. The lowest BCUT2D eigenvalue weighted by Crippen LogP contribution is -2.45. The van der Waals surface area contributed by atoms with Crippen LogP contribution in [0, 0.1) is 0 Å². The van der Waals surface area contributed by atoms with Crippen LogP contribution < -0.4 is 5.32 Å². The van der Waals surface area contributed by atoms with Crippen LogP contribution in [0.2, 0.25) is 0 Å². The van der Waals surface area contributed by atoms with Gasteiger partial charge in [-0.05, 0) is 6.92 Å². The molecule has 1 rings (SSSR count). The second kappa shape index (κ2) is 6.38. The van der Waals surface area contributed by atoms with Crippen molar-refractivity contribution in [3.05, 3.63) is 0 Å². The molecule has 0 saturated carbocycles. The summed E-state index contributed by atoms with van der Waals surface area (Å²) in [4.78, 5) is 13.9. The van der Waals surface area contributed by atoms with Gasteiger partial charge in [-0.1, -0.05) is 13.8 Å². The van der Waals surface area contributed by atoms with Crippen LogP contribution in [0.25, 0.3) is 0 Å². The second-order valence-corrected chi connectivity index (χ2v) is 5.52. The summed E-state index contributed by atoms with van der Waals surface area (Å²) < 4.78 is 0. The van der Waals surface area contributed by atoms with Gasteiger partial charge in [0.1, 0.15) is 0 Å². The summed E-state index contributed by atoms with van der Waals surface area (Å²) in [5, 5.41) is 3.28. The number of nitrogens with one attached hydrogen (secondary N) is 1. The van der Waals surface area contributed by atoms with E-state index in [0.717, 1.165) is 24.6 Å². The third-order valence-corrected chi connectivity index (χ3v) is 3.77. The molecular weight excluding hydrogens is 208 g/mol. The maximum atomic E-state index is 11.9. The van der Waals surface area contributed by atoms with Gasteiger partial charge in [0.2, 0.25) is 5.91 Å². The van der Waals surface area contributed by atoms with E-state index in [-0.39, 0.29) is 0 Å². The molecular formula is C11H22N2OS. The van der Waals surface area contributed by atoms with Crippen molar-refractivity contribution in [1.82, 2.24) is 10.2 Å². The highest BCUT2D eigenvalue weighted by atomic mass is 32.2. The summed E-state index contributed by atoms with van der Waals surface area (Å²) >= 11 is 1.94. The van der Waals surface area contributed by atoms with Gasteiger partial charge in [0.05, 0.1) is 0 Å². The SMILES string of the molecule is CC(C)NCCC(=O)N1CCSCC1C. The van der Waals surface area contributed by atoms with Crippen LogP contribution in [0.15, 0.2) is 0 Å². The second-order valence-electron chi connectivity index (χ2n) is 4.37. The van der Waals surface area contributed by atoms with Crippen molar-refractivity contribution in [3.63, 3.8) is 0 Å². The maximum Gasteiger partial charge on any atom is 0.224 e. The van der Waals surface area contributed by atoms with Crippen LogP contribution in [-0.2, 0) is 4.79 Å². The molecule has 0 bridgehead atoms. The van der Waals surface area contributed by atoms with E-state index < -0.39 is 0 Å². The molecule has 88 valence electrons. The van der Waals surface area contributed by atoms with Gasteiger partial charge in [-0.3, -0.25) is 4.79 Å². The fraction of sp³-hybridized carbons (Fsp3) is 0.909. The molecule has 1 aliphatic heterocycles.